The zero-order valence-corrected chi connectivity index (χ0v) is 11.3. The molecule has 0 amide bonds. The van der Waals surface area contributed by atoms with E-state index in [1.54, 1.807) is 6.08 Å². The van der Waals surface area contributed by atoms with Crippen LogP contribution >= 0.6 is 0 Å². The second kappa shape index (κ2) is 6.52. The Bertz CT molecular complexity index is 340. The molecule has 5 heteroatoms. The lowest BCUT2D eigenvalue weighted by molar-refractivity contribution is 0.138. The molecule has 0 aromatic heterocycles. The molecule has 1 fully saturated rings. The first kappa shape index (κ1) is 14.7. The van der Waals surface area contributed by atoms with Crippen molar-refractivity contribution in [1.29, 1.82) is 0 Å². The van der Waals surface area contributed by atoms with Gasteiger partial charge in [-0.15, -0.1) is 6.58 Å². The van der Waals surface area contributed by atoms with Crippen LogP contribution in [0.3, 0.4) is 0 Å². The Morgan fingerprint density at radius 3 is 2.71 bits per heavy atom. The summed E-state index contributed by atoms with van der Waals surface area (Å²) >= 11 is 0. The van der Waals surface area contributed by atoms with Crippen LogP contribution in [-0.2, 0) is 9.84 Å². The van der Waals surface area contributed by atoms with Gasteiger partial charge < -0.3 is 5.11 Å². The molecule has 1 aliphatic carbocycles. The van der Waals surface area contributed by atoms with E-state index in [2.05, 4.69) is 11.5 Å². The fourth-order valence-corrected chi connectivity index (χ4v) is 3.72. The molecule has 0 heterocycles. The van der Waals surface area contributed by atoms with Crippen LogP contribution in [0.15, 0.2) is 12.7 Å². The average Bonchev–Trinajstić information content (AvgIpc) is 2.28. The van der Waals surface area contributed by atoms with E-state index >= 15 is 0 Å². The highest BCUT2D eigenvalue weighted by Crippen LogP contribution is 2.27. The van der Waals surface area contributed by atoms with Gasteiger partial charge in [-0.05, 0) is 19.3 Å². The molecule has 0 aliphatic heterocycles. The molecule has 0 saturated heterocycles. The highest BCUT2D eigenvalue weighted by molar-refractivity contribution is 7.91. The van der Waals surface area contributed by atoms with Crippen LogP contribution in [0.25, 0.3) is 0 Å². The standard InChI is InChI=1S/C12H23NO3S/c1-3-7-13(8-9-14)11-5-4-6-12(10-11)17(2,15)16/h3,11-12,14H,1,4-10H2,2H3. The zero-order chi connectivity index (χ0) is 12.9. The number of nitrogens with zero attached hydrogens (tertiary/aromatic N) is 1. The first-order valence-electron chi connectivity index (χ1n) is 6.13. The van der Waals surface area contributed by atoms with Crippen LogP contribution in [0.5, 0.6) is 0 Å². The molecule has 1 rings (SSSR count). The maximum absolute atomic E-state index is 11.6. The summed E-state index contributed by atoms with van der Waals surface area (Å²) in [4.78, 5) is 2.13. The lowest BCUT2D eigenvalue weighted by atomic mass is 9.93. The van der Waals surface area contributed by atoms with E-state index in [0.717, 1.165) is 19.3 Å². The second-order valence-corrected chi connectivity index (χ2v) is 7.10. The highest BCUT2D eigenvalue weighted by Gasteiger charge is 2.31. The minimum Gasteiger partial charge on any atom is -0.395 e. The molecule has 0 radical (unpaired) electrons. The summed E-state index contributed by atoms with van der Waals surface area (Å²) in [6, 6.07) is 0.258. The van der Waals surface area contributed by atoms with Gasteiger partial charge in [-0.3, -0.25) is 4.90 Å². The van der Waals surface area contributed by atoms with Gasteiger partial charge in [0.05, 0.1) is 11.9 Å². The Kier molecular flexibility index (Phi) is 5.62. The summed E-state index contributed by atoms with van der Waals surface area (Å²) in [7, 11) is -2.94. The number of hydrogen-bond donors (Lipinski definition) is 1. The Morgan fingerprint density at radius 2 is 2.18 bits per heavy atom. The molecule has 4 nitrogen and oxygen atoms in total. The Balaban J connectivity index is 2.66. The summed E-state index contributed by atoms with van der Waals surface area (Å²) in [5, 5.41) is 8.81. The first-order valence-corrected chi connectivity index (χ1v) is 8.09. The number of hydrogen-bond acceptors (Lipinski definition) is 4. The molecule has 1 saturated carbocycles. The zero-order valence-electron chi connectivity index (χ0n) is 10.5. The van der Waals surface area contributed by atoms with Crippen molar-refractivity contribution in [2.45, 2.75) is 37.0 Å². The van der Waals surface area contributed by atoms with Gasteiger partial charge in [0.2, 0.25) is 0 Å². The molecule has 2 unspecified atom stereocenters. The van der Waals surface area contributed by atoms with Gasteiger partial charge in [-0.2, -0.15) is 0 Å². The summed E-state index contributed by atoms with van der Waals surface area (Å²) in [6.07, 6.45) is 6.55. The Hall–Kier alpha value is -0.390. The SMILES string of the molecule is C=CCN(CCO)C1CCCC(S(C)(=O)=O)C1. The van der Waals surface area contributed by atoms with Crippen LogP contribution in [-0.4, -0.2) is 55.7 Å². The lowest BCUT2D eigenvalue weighted by Crippen LogP contribution is -2.43. The molecule has 1 aliphatic rings. The average molecular weight is 261 g/mol. The number of sulfone groups is 1. The van der Waals surface area contributed by atoms with Gasteiger partial charge in [0, 0.05) is 25.4 Å². The van der Waals surface area contributed by atoms with Gasteiger partial charge in [0.1, 0.15) is 9.84 Å². The van der Waals surface area contributed by atoms with E-state index in [0.29, 0.717) is 19.5 Å². The van der Waals surface area contributed by atoms with Crippen LogP contribution in [0, 0.1) is 0 Å². The van der Waals surface area contributed by atoms with Crippen molar-refractivity contribution in [2.75, 3.05) is 26.0 Å². The summed E-state index contributed by atoms with van der Waals surface area (Å²) in [5.41, 5.74) is 0. The lowest BCUT2D eigenvalue weighted by Gasteiger charge is -2.36. The van der Waals surface area contributed by atoms with Crippen molar-refractivity contribution in [1.82, 2.24) is 4.90 Å². The van der Waals surface area contributed by atoms with E-state index in [-0.39, 0.29) is 17.9 Å². The van der Waals surface area contributed by atoms with Crippen LogP contribution in [0.4, 0.5) is 0 Å². The molecule has 17 heavy (non-hydrogen) atoms. The van der Waals surface area contributed by atoms with E-state index < -0.39 is 9.84 Å². The molecular formula is C12H23NO3S. The third-order valence-electron chi connectivity index (χ3n) is 3.47. The number of aliphatic hydroxyl groups excluding tert-OH is 1. The molecule has 0 aromatic carbocycles. The third-order valence-corrected chi connectivity index (χ3v) is 5.11. The van der Waals surface area contributed by atoms with E-state index in [1.165, 1.54) is 6.26 Å². The predicted molar refractivity (Wildman–Crippen MR) is 69.7 cm³/mol. The summed E-state index contributed by atoms with van der Waals surface area (Å²) in [6.45, 7) is 5.11. The number of aliphatic hydroxyl groups is 1. The Labute approximate surface area is 104 Å². The summed E-state index contributed by atoms with van der Waals surface area (Å²) < 4.78 is 23.2. The van der Waals surface area contributed by atoms with Crippen molar-refractivity contribution in [3.63, 3.8) is 0 Å². The van der Waals surface area contributed by atoms with Crippen molar-refractivity contribution in [2.24, 2.45) is 0 Å². The Morgan fingerprint density at radius 1 is 1.47 bits per heavy atom. The van der Waals surface area contributed by atoms with Gasteiger partial charge in [0.25, 0.3) is 0 Å². The summed E-state index contributed by atoms with van der Waals surface area (Å²) in [5.74, 6) is 0. The number of rotatable bonds is 6. The van der Waals surface area contributed by atoms with Crippen molar-refractivity contribution in [3.8, 4) is 0 Å². The molecule has 0 spiro atoms. The van der Waals surface area contributed by atoms with Crippen LogP contribution < -0.4 is 0 Å². The quantitative estimate of drug-likeness (QED) is 0.719. The predicted octanol–water partition coefficient (Wildman–Crippen LogP) is 0.823. The fourth-order valence-electron chi connectivity index (χ4n) is 2.56. The van der Waals surface area contributed by atoms with Crippen molar-refractivity contribution < 1.29 is 13.5 Å². The van der Waals surface area contributed by atoms with Crippen molar-refractivity contribution in [3.05, 3.63) is 12.7 Å². The molecule has 2 atom stereocenters. The molecule has 0 bridgehead atoms. The van der Waals surface area contributed by atoms with E-state index in [4.69, 9.17) is 5.11 Å². The smallest absolute Gasteiger partial charge is 0.150 e. The normalized spacial score (nSPS) is 26.1. The van der Waals surface area contributed by atoms with E-state index in [1.807, 2.05) is 0 Å². The van der Waals surface area contributed by atoms with Gasteiger partial charge >= 0.3 is 0 Å². The molecule has 100 valence electrons. The van der Waals surface area contributed by atoms with Crippen LogP contribution in [0.1, 0.15) is 25.7 Å². The van der Waals surface area contributed by atoms with Gasteiger partial charge in [-0.1, -0.05) is 12.5 Å². The molecular weight excluding hydrogens is 238 g/mol. The fraction of sp³-hybridized carbons (Fsp3) is 0.833. The van der Waals surface area contributed by atoms with Crippen molar-refractivity contribution >= 4 is 9.84 Å². The largest absolute Gasteiger partial charge is 0.395 e. The first-order chi connectivity index (χ1) is 7.99. The van der Waals surface area contributed by atoms with E-state index in [9.17, 15) is 8.42 Å². The highest BCUT2D eigenvalue weighted by atomic mass is 32.2. The maximum atomic E-state index is 11.6. The minimum absolute atomic E-state index is 0.105. The van der Waals surface area contributed by atoms with Gasteiger partial charge in [0.15, 0.2) is 0 Å². The van der Waals surface area contributed by atoms with Gasteiger partial charge in [-0.25, -0.2) is 8.42 Å². The second-order valence-electron chi connectivity index (χ2n) is 4.78. The minimum atomic E-state index is -2.94. The molecule has 0 aromatic rings. The molecule has 1 N–H and O–H groups in total. The topological polar surface area (TPSA) is 57.6 Å². The van der Waals surface area contributed by atoms with Crippen LogP contribution in [0.2, 0.25) is 0 Å². The maximum Gasteiger partial charge on any atom is 0.150 e. The monoisotopic (exact) mass is 261 g/mol. The third kappa shape index (κ3) is 4.41.